The van der Waals surface area contributed by atoms with Crippen LogP contribution in [0.15, 0.2) is 0 Å². The van der Waals surface area contributed by atoms with E-state index >= 15 is 0 Å². The van der Waals surface area contributed by atoms with E-state index in [-0.39, 0.29) is 12.5 Å². The van der Waals surface area contributed by atoms with Gasteiger partial charge in [0.25, 0.3) is 0 Å². The molecule has 0 bridgehead atoms. The molecule has 2 atom stereocenters. The van der Waals surface area contributed by atoms with Gasteiger partial charge in [-0.05, 0) is 5.92 Å². The number of halogens is 3. The topological polar surface area (TPSA) is 69.6 Å². The SMILES string of the molecule is CC(CN(C)C(=O)NC(CC(F)(F)F)C(C)C)C(=O)O. The lowest BCUT2D eigenvalue weighted by Crippen LogP contribution is -2.48. The van der Waals surface area contributed by atoms with E-state index in [1.807, 2.05) is 0 Å². The maximum absolute atomic E-state index is 12.4. The van der Waals surface area contributed by atoms with Crippen molar-refractivity contribution >= 4 is 12.0 Å². The van der Waals surface area contributed by atoms with E-state index < -0.39 is 36.6 Å². The van der Waals surface area contributed by atoms with Crippen molar-refractivity contribution in [2.75, 3.05) is 13.6 Å². The number of alkyl halides is 3. The highest BCUT2D eigenvalue weighted by Crippen LogP contribution is 2.24. The van der Waals surface area contributed by atoms with E-state index in [0.29, 0.717) is 0 Å². The minimum Gasteiger partial charge on any atom is -0.481 e. The zero-order chi connectivity index (χ0) is 16.1. The summed E-state index contributed by atoms with van der Waals surface area (Å²) < 4.78 is 37.2. The second-order valence-electron chi connectivity index (χ2n) is 5.24. The van der Waals surface area contributed by atoms with Crippen LogP contribution in [-0.4, -0.2) is 47.8 Å². The lowest BCUT2D eigenvalue weighted by molar-refractivity contribution is -0.141. The maximum Gasteiger partial charge on any atom is 0.391 e. The molecule has 2 unspecified atom stereocenters. The molecule has 0 aromatic rings. The summed E-state index contributed by atoms with van der Waals surface area (Å²) in [4.78, 5) is 23.5. The second-order valence-corrected chi connectivity index (χ2v) is 5.24. The third-order valence-electron chi connectivity index (χ3n) is 2.88. The van der Waals surface area contributed by atoms with Crippen LogP contribution in [-0.2, 0) is 4.79 Å². The van der Waals surface area contributed by atoms with Crippen LogP contribution in [0.4, 0.5) is 18.0 Å². The first kappa shape index (κ1) is 18.5. The smallest absolute Gasteiger partial charge is 0.391 e. The minimum atomic E-state index is -4.37. The number of urea groups is 1. The van der Waals surface area contributed by atoms with Crippen molar-refractivity contribution in [3.05, 3.63) is 0 Å². The molecule has 118 valence electrons. The first-order chi connectivity index (χ1) is 8.94. The van der Waals surface area contributed by atoms with Crippen molar-refractivity contribution in [2.45, 2.75) is 39.4 Å². The van der Waals surface area contributed by atoms with Gasteiger partial charge in [-0.25, -0.2) is 4.79 Å². The van der Waals surface area contributed by atoms with Crippen LogP contribution < -0.4 is 5.32 Å². The van der Waals surface area contributed by atoms with Crippen LogP contribution in [0.1, 0.15) is 27.2 Å². The lowest BCUT2D eigenvalue weighted by Gasteiger charge is -2.27. The lowest BCUT2D eigenvalue weighted by atomic mass is 10.0. The van der Waals surface area contributed by atoms with E-state index in [4.69, 9.17) is 5.11 Å². The molecule has 0 aliphatic rings. The summed E-state index contributed by atoms with van der Waals surface area (Å²) in [6.45, 7) is 4.51. The molecule has 0 fully saturated rings. The molecule has 0 aliphatic heterocycles. The van der Waals surface area contributed by atoms with Crippen molar-refractivity contribution in [3.8, 4) is 0 Å². The van der Waals surface area contributed by atoms with Gasteiger partial charge in [0.2, 0.25) is 0 Å². The Labute approximate surface area is 116 Å². The van der Waals surface area contributed by atoms with Gasteiger partial charge >= 0.3 is 18.2 Å². The van der Waals surface area contributed by atoms with E-state index in [1.54, 1.807) is 13.8 Å². The Morgan fingerprint density at radius 1 is 1.25 bits per heavy atom. The summed E-state index contributed by atoms with van der Waals surface area (Å²) in [5.74, 6) is -2.24. The zero-order valence-corrected chi connectivity index (χ0v) is 12.0. The predicted molar refractivity (Wildman–Crippen MR) is 67.3 cm³/mol. The Kier molecular flexibility index (Phi) is 6.81. The van der Waals surface area contributed by atoms with Crippen LogP contribution >= 0.6 is 0 Å². The highest BCUT2D eigenvalue weighted by Gasteiger charge is 2.34. The molecule has 2 N–H and O–H groups in total. The quantitative estimate of drug-likeness (QED) is 0.790. The number of carboxylic acid groups (broad SMARTS) is 1. The summed E-state index contributed by atoms with van der Waals surface area (Å²) in [6.07, 6.45) is -5.48. The number of aliphatic carboxylic acids is 1. The molecule has 0 aromatic heterocycles. The number of hydrogen-bond acceptors (Lipinski definition) is 2. The summed E-state index contributed by atoms with van der Waals surface area (Å²) in [5, 5.41) is 11.0. The monoisotopic (exact) mass is 298 g/mol. The zero-order valence-electron chi connectivity index (χ0n) is 12.0. The van der Waals surface area contributed by atoms with Gasteiger partial charge in [0, 0.05) is 19.6 Å². The van der Waals surface area contributed by atoms with Gasteiger partial charge in [0.15, 0.2) is 0 Å². The van der Waals surface area contributed by atoms with Gasteiger partial charge in [0.05, 0.1) is 12.3 Å². The maximum atomic E-state index is 12.4. The first-order valence-electron chi connectivity index (χ1n) is 6.25. The molecule has 0 spiro atoms. The molecule has 0 saturated heterocycles. The summed E-state index contributed by atoms with van der Waals surface area (Å²) in [6, 6.07) is -1.74. The molecular weight excluding hydrogens is 277 g/mol. The number of carbonyl (C=O) groups is 2. The van der Waals surface area contributed by atoms with Crippen LogP contribution in [0, 0.1) is 11.8 Å². The molecule has 0 aliphatic carbocycles. The van der Waals surface area contributed by atoms with Crippen LogP contribution in [0.5, 0.6) is 0 Å². The number of carboxylic acids is 1. The molecule has 0 saturated carbocycles. The van der Waals surface area contributed by atoms with Gasteiger partial charge in [-0.2, -0.15) is 13.2 Å². The fourth-order valence-electron chi connectivity index (χ4n) is 1.54. The Morgan fingerprint density at radius 3 is 2.10 bits per heavy atom. The van der Waals surface area contributed by atoms with E-state index in [2.05, 4.69) is 5.32 Å². The standard InChI is InChI=1S/C12H21F3N2O3/c1-7(2)9(5-12(13,14)15)16-11(20)17(4)6-8(3)10(18)19/h7-9H,5-6H2,1-4H3,(H,16,20)(H,18,19). The van der Waals surface area contributed by atoms with Gasteiger partial charge in [-0.1, -0.05) is 20.8 Å². The van der Waals surface area contributed by atoms with Crippen molar-refractivity contribution in [3.63, 3.8) is 0 Å². The fourth-order valence-corrected chi connectivity index (χ4v) is 1.54. The highest BCUT2D eigenvalue weighted by molar-refractivity contribution is 5.76. The summed E-state index contributed by atoms with van der Waals surface area (Å²) in [7, 11) is 1.35. The Balaban J connectivity index is 4.56. The normalized spacial score (nSPS) is 14.8. The van der Waals surface area contributed by atoms with E-state index in [9.17, 15) is 22.8 Å². The molecular formula is C12H21F3N2O3. The molecule has 2 amide bonds. The number of nitrogens with zero attached hydrogens (tertiary/aromatic N) is 1. The van der Waals surface area contributed by atoms with Crippen molar-refractivity contribution in [1.29, 1.82) is 0 Å². The van der Waals surface area contributed by atoms with Gasteiger partial charge in [-0.3, -0.25) is 4.79 Å². The molecule has 0 aromatic carbocycles. The van der Waals surface area contributed by atoms with Crippen LogP contribution in [0.25, 0.3) is 0 Å². The van der Waals surface area contributed by atoms with Gasteiger partial charge in [-0.15, -0.1) is 0 Å². The molecule has 20 heavy (non-hydrogen) atoms. The number of amides is 2. The minimum absolute atomic E-state index is 0.0714. The molecule has 0 rings (SSSR count). The number of nitrogens with one attached hydrogen (secondary N) is 1. The third kappa shape index (κ3) is 7.20. The van der Waals surface area contributed by atoms with Crippen LogP contribution in [0.3, 0.4) is 0 Å². The Hall–Kier alpha value is -1.47. The third-order valence-corrected chi connectivity index (χ3v) is 2.88. The average molecular weight is 298 g/mol. The molecule has 0 radical (unpaired) electrons. The largest absolute Gasteiger partial charge is 0.481 e. The molecule has 8 heteroatoms. The summed E-state index contributed by atoms with van der Waals surface area (Å²) >= 11 is 0. The van der Waals surface area contributed by atoms with Crippen molar-refractivity contribution < 1.29 is 27.9 Å². The van der Waals surface area contributed by atoms with E-state index in [1.165, 1.54) is 14.0 Å². The number of carbonyl (C=O) groups excluding carboxylic acids is 1. The Bertz CT molecular complexity index is 345. The number of rotatable bonds is 6. The van der Waals surface area contributed by atoms with Crippen molar-refractivity contribution in [1.82, 2.24) is 10.2 Å². The predicted octanol–water partition coefficient (Wildman–Crippen LogP) is 2.33. The first-order valence-corrected chi connectivity index (χ1v) is 6.25. The van der Waals surface area contributed by atoms with Gasteiger partial charge in [0.1, 0.15) is 0 Å². The second kappa shape index (κ2) is 7.35. The highest BCUT2D eigenvalue weighted by atomic mass is 19.4. The average Bonchev–Trinajstić information content (AvgIpc) is 2.25. The fraction of sp³-hybridized carbons (Fsp3) is 0.833. The summed E-state index contributed by atoms with van der Waals surface area (Å²) in [5.41, 5.74) is 0. The molecule has 5 nitrogen and oxygen atoms in total. The Morgan fingerprint density at radius 2 is 1.75 bits per heavy atom. The van der Waals surface area contributed by atoms with Crippen LogP contribution in [0.2, 0.25) is 0 Å². The number of hydrogen-bond donors (Lipinski definition) is 2. The van der Waals surface area contributed by atoms with Crippen molar-refractivity contribution in [2.24, 2.45) is 11.8 Å². The molecule has 0 heterocycles. The van der Waals surface area contributed by atoms with Gasteiger partial charge < -0.3 is 15.3 Å². The van der Waals surface area contributed by atoms with E-state index in [0.717, 1.165) is 4.90 Å².